The Hall–Kier alpha value is -2.06. The summed E-state index contributed by atoms with van der Waals surface area (Å²) in [6.45, 7) is 13.2. The van der Waals surface area contributed by atoms with Gasteiger partial charge in [-0.2, -0.15) is 0 Å². The number of nitrogens with one attached hydrogen (secondary N) is 2. The zero-order valence-electron chi connectivity index (χ0n) is 20.7. The van der Waals surface area contributed by atoms with Gasteiger partial charge < -0.3 is 20.1 Å². The Balaban J connectivity index is 1.68. The molecule has 6 nitrogen and oxygen atoms in total. The van der Waals surface area contributed by atoms with Crippen LogP contribution in [0.5, 0.6) is 11.5 Å². The maximum atomic E-state index is 12.1. The third-order valence-corrected chi connectivity index (χ3v) is 6.32. The van der Waals surface area contributed by atoms with Gasteiger partial charge in [0, 0.05) is 13.1 Å². The summed E-state index contributed by atoms with van der Waals surface area (Å²) in [5.41, 5.74) is 2.40. The van der Waals surface area contributed by atoms with E-state index in [2.05, 4.69) is 84.0 Å². The van der Waals surface area contributed by atoms with E-state index in [4.69, 9.17) is 9.47 Å². The zero-order valence-corrected chi connectivity index (χ0v) is 23.9. The van der Waals surface area contributed by atoms with Crippen LogP contribution in [0.4, 0.5) is 0 Å². The van der Waals surface area contributed by atoms with Gasteiger partial charge in [-0.1, -0.05) is 53.7 Å². The highest BCUT2D eigenvalue weighted by Gasteiger charge is 2.17. The second kappa shape index (κ2) is 12.1. The van der Waals surface area contributed by atoms with Crippen LogP contribution >= 0.6 is 31.9 Å². The van der Waals surface area contributed by atoms with Crippen molar-refractivity contribution in [2.75, 3.05) is 26.3 Å². The average molecular weight is 598 g/mol. The third kappa shape index (κ3) is 8.95. The summed E-state index contributed by atoms with van der Waals surface area (Å²) in [5, 5.41) is 5.45. The van der Waals surface area contributed by atoms with Crippen LogP contribution in [0.2, 0.25) is 0 Å². The molecule has 0 radical (unpaired) electrons. The molecule has 0 bridgehead atoms. The summed E-state index contributed by atoms with van der Waals surface area (Å²) in [4.78, 5) is 24.1. The first-order valence-corrected chi connectivity index (χ1v) is 12.7. The Kier molecular flexibility index (Phi) is 10.0. The Bertz CT molecular complexity index is 929. The van der Waals surface area contributed by atoms with E-state index >= 15 is 0 Å². The van der Waals surface area contributed by atoms with Crippen molar-refractivity contribution < 1.29 is 19.1 Å². The largest absolute Gasteiger partial charge is 0.483 e. The lowest BCUT2D eigenvalue weighted by molar-refractivity contribution is -0.124. The summed E-state index contributed by atoms with van der Waals surface area (Å²) in [6.07, 6.45) is 0. The molecule has 0 aliphatic rings. The van der Waals surface area contributed by atoms with E-state index in [0.717, 1.165) is 8.95 Å². The summed E-state index contributed by atoms with van der Waals surface area (Å²) >= 11 is 7.00. The number of rotatable bonds is 9. The van der Waals surface area contributed by atoms with Gasteiger partial charge in [-0.3, -0.25) is 9.59 Å². The molecule has 0 saturated carbocycles. The molecule has 2 aromatic carbocycles. The average Bonchev–Trinajstić information content (AvgIpc) is 2.73. The summed E-state index contributed by atoms with van der Waals surface area (Å²) in [5.74, 6) is 0.686. The first-order chi connectivity index (χ1) is 15.8. The molecule has 2 amide bonds. The molecule has 0 unspecified atom stereocenters. The number of hydrogen-bond acceptors (Lipinski definition) is 4. The molecule has 0 atom stereocenters. The number of hydrogen-bond donors (Lipinski definition) is 2. The maximum Gasteiger partial charge on any atom is 0.258 e. The first-order valence-electron chi connectivity index (χ1n) is 11.2. The fourth-order valence-electron chi connectivity index (χ4n) is 2.96. The second-order valence-corrected chi connectivity index (χ2v) is 11.8. The highest BCUT2D eigenvalue weighted by Crippen LogP contribution is 2.32. The minimum Gasteiger partial charge on any atom is -0.483 e. The van der Waals surface area contributed by atoms with Crippen molar-refractivity contribution in [1.82, 2.24) is 10.6 Å². The van der Waals surface area contributed by atoms with E-state index < -0.39 is 0 Å². The molecule has 2 rings (SSSR count). The smallest absolute Gasteiger partial charge is 0.258 e. The number of amides is 2. The molecule has 0 aliphatic carbocycles. The van der Waals surface area contributed by atoms with Gasteiger partial charge >= 0.3 is 0 Å². The first kappa shape index (κ1) is 28.2. The zero-order chi connectivity index (χ0) is 25.5. The summed E-state index contributed by atoms with van der Waals surface area (Å²) in [6, 6.07) is 11.7. The van der Waals surface area contributed by atoms with Gasteiger partial charge in [-0.05, 0) is 78.1 Å². The quantitative estimate of drug-likeness (QED) is 0.374. The standard InChI is InChI=1S/C26H34Br2N2O4/c1-25(2,3)17-7-9-21(19(27)13-17)33-15-23(31)29-11-12-30-24(32)16-34-22-10-8-18(14-20(22)28)26(4,5)6/h7-10,13-14H,11-12,15-16H2,1-6H3,(H,29,31)(H,30,32). The topological polar surface area (TPSA) is 76.7 Å². The summed E-state index contributed by atoms with van der Waals surface area (Å²) < 4.78 is 12.8. The van der Waals surface area contributed by atoms with Crippen LogP contribution in [0.1, 0.15) is 52.7 Å². The van der Waals surface area contributed by atoms with Crippen LogP contribution in [0, 0.1) is 0 Å². The molecule has 186 valence electrons. The van der Waals surface area contributed by atoms with Crippen molar-refractivity contribution >= 4 is 43.7 Å². The van der Waals surface area contributed by atoms with Gasteiger partial charge in [0.15, 0.2) is 13.2 Å². The van der Waals surface area contributed by atoms with Crippen LogP contribution in [0.15, 0.2) is 45.3 Å². The number of carbonyl (C=O) groups excluding carboxylic acids is 2. The molecule has 0 spiro atoms. The van der Waals surface area contributed by atoms with Crippen LogP contribution in [-0.4, -0.2) is 38.1 Å². The van der Waals surface area contributed by atoms with Gasteiger partial charge in [-0.25, -0.2) is 0 Å². The van der Waals surface area contributed by atoms with Gasteiger partial charge in [-0.15, -0.1) is 0 Å². The number of carbonyl (C=O) groups is 2. The predicted molar refractivity (Wildman–Crippen MR) is 143 cm³/mol. The molecule has 0 heterocycles. The lowest BCUT2D eigenvalue weighted by Crippen LogP contribution is -2.38. The monoisotopic (exact) mass is 596 g/mol. The van der Waals surface area contributed by atoms with Crippen LogP contribution in [-0.2, 0) is 20.4 Å². The van der Waals surface area contributed by atoms with Crippen LogP contribution in [0.25, 0.3) is 0 Å². The second-order valence-electron chi connectivity index (χ2n) is 10.1. The van der Waals surface area contributed by atoms with E-state index in [1.165, 1.54) is 11.1 Å². The van der Waals surface area contributed by atoms with Crippen molar-refractivity contribution in [2.45, 2.75) is 52.4 Å². The fraction of sp³-hybridized carbons (Fsp3) is 0.462. The molecule has 2 aromatic rings. The van der Waals surface area contributed by atoms with Gasteiger partial charge in [0.25, 0.3) is 11.8 Å². The maximum absolute atomic E-state index is 12.1. The highest BCUT2D eigenvalue weighted by atomic mass is 79.9. The van der Waals surface area contributed by atoms with Crippen LogP contribution < -0.4 is 20.1 Å². The lowest BCUT2D eigenvalue weighted by atomic mass is 9.87. The van der Waals surface area contributed by atoms with E-state index in [9.17, 15) is 9.59 Å². The van der Waals surface area contributed by atoms with E-state index in [1.807, 2.05) is 36.4 Å². The molecular weight excluding hydrogens is 564 g/mol. The fourth-order valence-corrected chi connectivity index (χ4v) is 3.95. The molecule has 0 aliphatic heterocycles. The molecular formula is C26H34Br2N2O4. The third-order valence-electron chi connectivity index (χ3n) is 5.08. The summed E-state index contributed by atoms with van der Waals surface area (Å²) in [7, 11) is 0. The Labute approximate surface area is 219 Å². The molecule has 34 heavy (non-hydrogen) atoms. The van der Waals surface area contributed by atoms with Gasteiger partial charge in [0.1, 0.15) is 11.5 Å². The normalized spacial score (nSPS) is 11.6. The molecule has 0 saturated heterocycles. The number of ether oxygens (including phenoxy) is 2. The predicted octanol–water partition coefficient (Wildman–Crippen LogP) is 5.50. The Morgan fingerprint density at radius 2 is 1.06 bits per heavy atom. The van der Waals surface area contributed by atoms with E-state index in [-0.39, 0.29) is 35.9 Å². The van der Waals surface area contributed by atoms with Crippen molar-refractivity contribution in [3.05, 3.63) is 56.5 Å². The molecule has 0 aromatic heterocycles. The highest BCUT2D eigenvalue weighted by molar-refractivity contribution is 9.10. The van der Waals surface area contributed by atoms with Crippen molar-refractivity contribution in [2.24, 2.45) is 0 Å². The number of benzene rings is 2. The van der Waals surface area contributed by atoms with Gasteiger partial charge in [0.2, 0.25) is 0 Å². The van der Waals surface area contributed by atoms with Crippen molar-refractivity contribution in [3.8, 4) is 11.5 Å². The molecule has 2 N–H and O–H groups in total. The SMILES string of the molecule is CC(C)(C)c1ccc(OCC(=O)NCCNC(=O)COc2ccc(C(C)(C)C)cc2Br)c(Br)c1. The Morgan fingerprint density at radius 1 is 0.706 bits per heavy atom. The van der Waals surface area contributed by atoms with E-state index in [1.54, 1.807) is 0 Å². The van der Waals surface area contributed by atoms with Crippen molar-refractivity contribution in [3.63, 3.8) is 0 Å². The van der Waals surface area contributed by atoms with Gasteiger partial charge in [0.05, 0.1) is 8.95 Å². The van der Waals surface area contributed by atoms with Crippen molar-refractivity contribution in [1.29, 1.82) is 0 Å². The molecule has 0 fully saturated rings. The lowest BCUT2D eigenvalue weighted by Gasteiger charge is -2.20. The number of halogens is 2. The molecule has 8 heteroatoms. The minimum atomic E-state index is -0.264. The minimum absolute atomic E-state index is 0.0290. The van der Waals surface area contributed by atoms with Crippen LogP contribution in [0.3, 0.4) is 0 Å². The van der Waals surface area contributed by atoms with E-state index in [0.29, 0.717) is 24.6 Å². The Morgan fingerprint density at radius 3 is 1.35 bits per heavy atom.